The van der Waals surface area contributed by atoms with Crippen LogP contribution >= 0.6 is 11.6 Å². The average Bonchev–Trinajstić information content (AvgIpc) is 2.97. The van der Waals surface area contributed by atoms with Gasteiger partial charge in [0.15, 0.2) is 0 Å². The van der Waals surface area contributed by atoms with E-state index in [2.05, 4.69) is 9.89 Å². The molecule has 0 bridgehead atoms. The Hall–Kier alpha value is -2.00. The number of hydrogen-bond donors (Lipinski definition) is 0. The highest BCUT2D eigenvalue weighted by atomic mass is 35.5. The van der Waals surface area contributed by atoms with E-state index < -0.39 is 0 Å². The summed E-state index contributed by atoms with van der Waals surface area (Å²) in [6, 6.07) is 15.8. The van der Waals surface area contributed by atoms with E-state index in [-0.39, 0.29) is 0 Å². The van der Waals surface area contributed by atoms with Gasteiger partial charge in [-0.2, -0.15) is 0 Å². The van der Waals surface area contributed by atoms with Gasteiger partial charge in [0, 0.05) is 22.8 Å². The van der Waals surface area contributed by atoms with Crippen LogP contribution in [-0.2, 0) is 0 Å². The van der Waals surface area contributed by atoms with E-state index in [1.54, 1.807) is 7.11 Å². The summed E-state index contributed by atoms with van der Waals surface area (Å²) in [6.07, 6.45) is 0. The van der Waals surface area contributed by atoms with Crippen LogP contribution in [0.3, 0.4) is 0 Å². The van der Waals surface area contributed by atoms with Crippen molar-refractivity contribution in [3.8, 4) is 5.75 Å². The summed E-state index contributed by atoms with van der Waals surface area (Å²) >= 11 is 5.94. The first-order valence-corrected chi connectivity index (χ1v) is 6.88. The quantitative estimate of drug-likeness (QED) is 0.861. The van der Waals surface area contributed by atoms with Crippen molar-refractivity contribution >= 4 is 23.1 Å². The molecule has 0 spiro atoms. The number of rotatable bonds is 3. The second-order valence-corrected chi connectivity index (χ2v) is 5.00. The molecule has 0 saturated carbocycles. The molecule has 0 aromatic heterocycles. The lowest BCUT2D eigenvalue weighted by atomic mass is 10.1. The molecule has 102 valence electrons. The molecule has 1 aliphatic heterocycles. The van der Waals surface area contributed by atoms with E-state index in [1.807, 2.05) is 48.5 Å². The minimum atomic E-state index is 0.746. The highest BCUT2D eigenvalue weighted by Crippen LogP contribution is 2.23. The van der Waals surface area contributed by atoms with Gasteiger partial charge < -0.3 is 9.64 Å². The molecule has 0 saturated heterocycles. The largest absolute Gasteiger partial charge is 0.497 e. The first-order valence-electron chi connectivity index (χ1n) is 6.50. The third-order valence-corrected chi connectivity index (χ3v) is 3.58. The van der Waals surface area contributed by atoms with Crippen LogP contribution in [0.4, 0.5) is 5.69 Å². The molecule has 0 fully saturated rings. The zero-order valence-electron chi connectivity index (χ0n) is 11.2. The van der Waals surface area contributed by atoms with Crippen LogP contribution in [0.5, 0.6) is 5.75 Å². The number of ether oxygens (including phenoxy) is 1. The lowest BCUT2D eigenvalue weighted by molar-refractivity contribution is 0.415. The van der Waals surface area contributed by atoms with E-state index in [0.717, 1.165) is 40.9 Å². The normalized spacial score (nSPS) is 14.3. The maximum Gasteiger partial charge on any atom is 0.135 e. The predicted molar refractivity (Wildman–Crippen MR) is 83.2 cm³/mol. The molecule has 1 heterocycles. The number of nitrogens with zero attached hydrogens (tertiary/aromatic N) is 2. The fourth-order valence-corrected chi connectivity index (χ4v) is 2.43. The number of amidine groups is 1. The van der Waals surface area contributed by atoms with Gasteiger partial charge in [-0.1, -0.05) is 11.6 Å². The minimum absolute atomic E-state index is 0.746. The zero-order chi connectivity index (χ0) is 13.9. The van der Waals surface area contributed by atoms with Crippen molar-refractivity contribution in [2.45, 2.75) is 0 Å². The van der Waals surface area contributed by atoms with Crippen LogP contribution in [0.25, 0.3) is 0 Å². The van der Waals surface area contributed by atoms with Gasteiger partial charge >= 0.3 is 0 Å². The van der Waals surface area contributed by atoms with Crippen molar-refractivity contribution in [2.75, 3.05) is 25.1 Å². The fourth-order valence-electron chi connectivity index (χ4n) is 2.31. The van der Waals surface area contributed by atoms with Crippen molar-refractivity contribution in [1.29, 1.82) is 0 Å². The van der Waals surface area contributed by atoms with Crippen molar-refractivity contribution in [3.05, 3.63) is 59.1 Å². The Labute approximate surface area is 123 Å². The van der Waals surface area contributed by atoms with Crippen LogP contribution in [0.15, 0.2) is 53.5 Å². The molecule has 20 heavy (non-hydrogen) atoms. The standard InChI is InChI=1S/C16H15ClN2O/c1-20-15-8-2-12(3-9-15)16-18-10-11-19(16)14-6-4-13(17)5-7-14/h2-9H,10-11H2,1H3. The lowest BCUT2D eigenvalue weighted by Gasteiger charge is -2.20. The Morgan fingerprint density at radius 2 is 1.75 bits per heavy atom. The van der Waals surface area contributed by atoms with E-state index in [1.165, 1.54) is 0 Å². The Morgan fingerprint density at radius 3 is 2.40 bits per heavy atom. The number of anilines is 1. The third kappa shape index (κ3) is 2.49. The van der Waals surface area contributed by atoms with Crippen molar-refractivity contribution in [2.24, 2.45) is 4.99 Å². The molecular formula is C16H15ClN2O. The topological polar surface area (TPSA) is 24.8 Å². The van der Waals surface area contributed by atoms with Gasteiger partial charge in [0.05, 0.1) is 13.7 Å². The predicted octanol–water partition coefficient (Wildman–Crippen LogP) is 3.62. The lowest BCUT2D eigenvalue weighted by Crippen LogP contribution is -2.27. The third-order valence-electron chi connectivity index (χ3n) is 3.33. The molecule has 3 rings (SSSR count). The molecule has 0 N–H and O–H groups in total. The van der Waals surface area contributed by atoms with Crippen LogP contribution in [-0.4, -0.2) is 26.0 Å². The van der Waals surface area contributed by atoms with E-state index in [4.69, 9.17) is 16.3 Å². The van der Waals surface area contributed by atoms with Gasteiger partial charge in [0.2, 0.25) is 0 Å². The van der Waals surface area contributed by atoms with E-state index >= 15 is 0 Å². The van der Waals surface area contributed by atoms with E-state index in [9.17, 15) is 0 Å². The number of aliphatic imine (C=N–C) groups is 1. The first-order chi connectivity index (χ1) is 9.78. The van der Waals surface area contributed by atoms with Gasteiger partial charge in [-0.05, 0) is 48.5 Å². The highest BCUT2D eigenvalue weighted by molar-refractivity contribution is 6.30. The van der Waals surface area contributed by atoms with Crippen molar-refractivity contribution < 1.29 is 4.74 Å². The number of methoxy groups -OCH3 is 1. The Bertz CT molecular complexity index is 620. The number of hydrogen-bond acceptors (Lipinski definition) is 3. The molecule has 0 amide bonds. The Morgan fingerprint density at radius 1 is 1.05 bits per heavy atom. The van der Waals surface area contributed by atoms with Gasteiger partial charge in [-0.3, -0.25) is 4.99 Å². The van der Waals surface area contributed by atoms with Crippen LogP contribution < -0.4 is 9.64 Å². The molecular weight excluding hydrogens is 272 g/mol. The molecule has 0 radical (unpaired) electrons. The second kappa shape index (κ2) is 5.55. The van der Waals surface area contributed by atoms with Crippen LogP contribution in [0.1, 0.15) is 5.56 Å². The van der Waals surface area contributed by atoms with Crippen LogP contribution in [0.2, 0.25) is 5.02 Å². The maximum absolute atomic E-state index is 5.94. The molecule has 4 heteroatoms. The van der Waals surface area contributed by atoms with Gasteiger partial charge in [-0.25, -0.2) is 0 Å². The molecule has 0 aliphatic carbocycles. The molecule has 1 aliphatic rings. The minimum Gasteiger partial charge on any atom is -0.497 e. The maximum atomic E-state index is 5.94. The Kier molecular flexibility index (Phi) is 3.61. The smallest absolute Gasteiger partial charge is 0.135 e. The summed E-state index contributed by atoms with van der Waals surface area (Å²) < 4.78 is 5.19. The number of benzene rings is 2. The van der Waals surface area contributed by atoms with Crippen molar-refractivity contribution in [3.63, 3.8) is 0 Å². The SMILES string of the molecule is COc1ccc(C2=NCCN2c2ccc(Cl)cc2)cc1. The summed E-state index contributed by atoms with van der Waals surface area (Å²) in [4.78, 5) is 6.82. The molecule has 0 unspecified atom stereocenters. The monoisotopic (exact) mass is 286 g/mol. The zero-order valence-corrected chi connectivity index (χ0v) is 12.0. The van der Waals surface area contributed by atoms with E-state index in [0.29, 0.717) is 0 Å². The molecule has 0 atom stereocenters. The van der Waals surface area contributed by atoms with Crippen molar-refractivity contribution in [1.82, 2.24) is 0 Å². The van der Waals surface area contributed by atoms with Gasteiger partial charge in [0.25, 0.3) is 0 Å². The van der Waals surface area contributed by atoms with Gasteiger partial charge in [0.1, 0.15) is 11.6 Å². The molecule has 3 nitrogen and oxygen atoms in total. The second-order valence-electron chi connectivity index (χ2n) is 4.56. The van der Waals surface area contributed by atoms with Crippen LogP contribution in [0, 0.1) is 0 Å². The summed E-state index contributed by atoms with van der Waals surface area (Å²) in [5.74, 6) is 1.85. The fraction of sp³-hybridized carbons (Fsp3) is 0.188. The Balaban J connectivity index is 1.89. The van der Waals surface area contributed by atoms with Gasteiger partial charge in [-0.15, -0.1) is 0 Å². The summed E-state index contributed by atoms with van der Waals surface area (Å²) in [5.41, 5.74) is 2.21. The highest BCUT2D eigenvalue weighted by Gasteiger charge is 2.20. The molecule has 2 aromatic rings. The first kappa shape index (κ1) is 13.0. The summed E-state index contributed by atoms with van der Waals surface area (Å²) in [6.45, 7) is 1.70. The summed E-state index contributed by atoms with van der Waals surface area (Å²) in [5, 5.41) is 0.746. The summed E-state index contributed by atoms with van der Waals surface area (Å²) in [7, 11) is 1.67. The average molecular weight is 287 g/mol. The molecule has 2 aromatic carbocycles. The number of halogens is 1.